The highest BCUT2D eigenvalue weighted by Gasteiger charge is 2.07. The molecule has 0 fully saturated rings. The molecule has 0 unspecified atom stereocenters. The standard InChI is InChI=1S/C18H21N3O3S/c1-15-6-5-9-17(21-15)14-19-18(22)10-12-20-25(23,24)13-11-16-7-3-2-4-8-16/h2-9,11,13,20H,10,12,14H2,1H3,(H,19,22)/b13-11+. The highest BCUT2D eigenvalue weighted by molar-refractivity contribution is 7.92. The Kier molecular flexibility index (Phi) is 6.85. The Labute approximate surface area is 148 Å². The number of amides is 1. The number of rotatable bonds is 8. The zero-order valence-corrected chi connectivity index (χ0v) is 14.8. The first kappa shape index (κ1) is 18.8. The zero-order chi connectivity index (χ0) is 18.1. The summed E-state index contributed by atoms with van der Waals surface area (Å²) in [4.78, 5) is 16.1. The van der Waals surface area contributed by atoms with E-state index >= 15 is 0 Å². The fourth-order valence-corrected chi connectivity index (χ4v) is 2.88. The van der Waals surface area contributed by atoms with E-state index in [4.69, 9.17) is 0 Å². The van der Waals surface area contributed by atoms with Crippen LogP contribution >= 0.6 is 0 Å². The molecule has 2 N–H and O–H groups in total. The highest BCUT2D eigenvalue weighted by atomic mass is 32.2. The van der Waals surface area contributed by atoms with Gasteiger partial charge in [0.05, 0.1) is 12.2 Å². The van der Waals surface area contributed by atoms with Gasteiger partial charge in [-0.1, -0.05) is 36.4 Å². The largest absolute Gasteiger partial charge is 0.350 e. The van der Waals surface area contributed by atoms with Crippen molar-refractivity contribution in [1.82, 2.24) is 15.0 Å². The quantitative estimate of drug-likeness (QED) is 0.754. The molecule has 2 aromatic rings. The molecule has 0 aliphatic carbocycles. The number of carbonyl (C=O) groups excluding carboxylic acids is 1. The van der Waals surface area contributed by atoms with Gasteiger partial charge in [0.1, 0.15) is 0 Å². The van der Waals surface area contributed by atoms with Crippen molar-refractivity contribution < 1.29 is 13.2 Å². The van der Waals surface area contributed by atoms with Crippen LogP contribution in [0.25, 0.3) is 6.08 Å². The summed E-state index contributed by atoms with van der Waals surface area (Å²) in [7, 11) is -3.57. The van der Waals surface area contributed by atoms with Crippen LogP contribution in [0.2, 0.25) is 0 Å². The van der Waals surface area contributed by atoms with Crippen molar-refractivity contribution in [3.8, 4) is 0 Å². The lowest BCUT2D eigenvalue weighted by atomic mass is 10.2. The maximum atomic E-state index is 11.9. The number of nitrogens with zero attached hydrogens (tertiary/aromatic N) is 1. The van der Waals surface area contributed by atoms with Crippen molar-refractivity contribution in [3.05, 3.63) is 70.9 Å². The molecule has 25 heavy (non-hydrogen) atoms. The summed E-state index contributed by atoms with van der Waals surface area (Å²) in [5.74, 6) is -0.238. The van der Waals surface area contributed by atoms with Crippen molar-refractivity contribution in [2.75, 3.05) is 6.54 Å². The van der Waals surface area contributed by atoms with Crippen LogP contribution in [-0.2, 0) is 21.4 Å². The molecule has 6 nitrogen and oxygen atoms in total. The molecule has 0 spiro atoms. The van der Waals surface area contributed by atoms with Crippen molar-refractivity contribution in [2.24, 2.45) is 0 Å². The summed E-state index contributed by atoms with van der Waals surface area (Å²) in [5.41, 5.74) is 2.43. The fourth-order valence-electron chi connectivity index (χ4n) is 2.06. The molecular formula is C18H21N3O3S. The summed E-state index contributed by atoms with van der Waals surface area (Å²) in [5, 5.41) is 3.81. The summed E-state index contributed by atoms with van der Waals surface area (Å²) in [6.45, 7) is 2.23. The third-order valence-corrected chi connectivity index (χ3v) is 4.41. The van der Waals surface area contributed by atoms with Gasteiger partial charge in [0.25, 0.3) is 0 Å². The Morgan fingerprint density at radius 2 is 1.88 bits per heavy atom. The molecular weight excluding hydrogens is 338 g/mol. The number of hydrogen-bond donors (Lipinski definition) is 2. The third kappa shape index (κ3) is 7.28. The van der Waals surface area contributed by atoms with Crippen LogP contribution in [0.4, 0.5) is 0 Å². The van der Waals surface area contributed by atoms with Crippen LogP contribution in [0.3, 0.4) is 0 Å². The maximum absolute atomic E-state index is 11.9. The van der Waals surface area contributed by atoms with Crippen molar-refractivity contribution in [3.63, 3.8) is 0 Å². The lowest BCUT2D eigenvalue weighted by Crippen LogP contribution is -2.29. The monoisotopic (exact) mass is 359 g/mol. The zero-order valence-electron chi connectivity index (χ0n) is 14.0. The molecule has 0 aliphatic rings. The Morgan fingerprint density at radius 1 is 1.12 bits per heavy atom. The lowest BCUT2D eigenvalue weighted by Gasteiger charge is -2.06. The number of sulfonamides is 1. The van der Waals surface area contributed by atoms with Crippen LogP contribution in [0.1, 0.15) is 23.4 Å². The molecule has 2 rings (SSSR count). The van der Waals surface area contributed by atoms with Crippen LogP contribution < -0.4 is 10.0 Å². The van der Waals surface area contributed by atoms with E-state index in [0.717, 1.165) is 22.4 Å². The maximum Gasteiger partial charge on any atom is 0.233 e. The molecule has 132 valence electrons. The van der Waals surface area contributed by atoms with Crippen LogP contribution in [0.5, 0.6) is 0 Å². The Balaban J connectivity index is 1.73. The lowest BCUT2D eigenvalue weighted by molar-refractivity contribution is -0.121. The smallest absolute Gasteiger partial charge is 0.233 e. The number of carbonyl (C=O) groups is 1. The fraction of sp³-hybridized carbons (Fsp3) is 0.222. The molecule has 1 amide bonds. The molecule has 0 saturated carbocycles. The van der Waals surface area contributed by atoms with E-state index in [9.17, 15) is 13.2 Å². The summed E-state index contributed by atoms with van der Waals surface area (Å²) >= 11 is 0. The van der Waals surface area contributed by atoms with Crippen molar-refractivity contribution in [2.45, 2.75) is 19.9 Å². The predicted octanol–water partition coefficient (Wildman–Crippen LogP) is 1.99. The van der Waals surface area contributed by atoms with E-state index < -0.39 is 10.0 Å². The normalized spacial score (nSPS) is 11.6. The number of benzene rings is 1. The molecule has 0 atom stereocenters. The van der Waals surface area contributed by atoms with Gasteiger partial charge in [0.15, 0.2) is 0 Å². The first-order valence-corrected chi connectivity index (χ1v) is 9.41. The third-order valence-electron chi connectivity index (χ3n) is 3.31. The van der Waals surface area contributed by atoms with Gasteiger partial charge in [0, 0.05) is 24.1 Å². The Morgan fingerprint density at radius 3 is 2.60 bits per heavy atom. The molecule has 1 aromatic carbocycles. The van der Waals surface area contributed by atoms with Gasteiger partial charge in [-0.3, -0.25) is 9.78 Å². The molecule has 0 saturated heterocycles. The van der Waals surface area contributed by atoms with Crippen molar-refractivity contribution >= 4 is 22.0 Å². The minimum absolute atomic E-state index is 0.0363. The number of aryl methyl sites for hydroxylation is 1. The van der Waals surface area contributed by atoms with E-state index in [1.165, 1.54) is 6.08 Å². The van der Waals surface area contributed by atoms with Gasteiger partial charge in [-0.05, 0) is 30.7 Å². The van der Waals surface area contributed by atoms with Crippen LogP contribution in [0.15, 0.2) is 53.9 Å². The first-order valence-electron chi connectivity index (χ1n) is 7.87. The molecule has 0 radical (unpaired) electrons. The average Bonchev–Trinajstić information content (AvgIpc) is 2.59. The topological polar surface area (TPSA) is 88.2 Å². The van der Waals surface area contributed by atoms with E-state index in [1.54, 1.807) is 12.1 Å². The average molecular weight is 359 g/mol. The van der Waals surface area contributed by atoms with Crippen LogP contribution in [0, 0.1) is 6.92 Å². The molecule has 1 aromatic heterocycles. The Hall–Kier alpha value is -2.51. The van der Waals surface area contributed by atoms with E-state index in [-0.39, 0.29) is 18.9 Å². The van der Waals surface area contributed by atoms with Gasteiger partial charge >= 0.3 is 0 Å². The van der Waals surface area contributed by atoms with Gasteiger partial charge in [-0.2, -0.15) is 0 Å². The van der Waals surface area contributed by atoms with E-state index in [2.05, 4.69) is 15.0 Å². The van der Waals surface area contributed by atoms with E-state index in [1.807, 2.05) is 43.3 Å². The number of aromatic nitrogens is 1. The first-order chi connectivity index (χ1) is 11.9. The number of hydrogen-bond acceptors (Lipinski definition) is 4. The van der Waals surface area contributed by atoms with E-state index in [0.29, 0.717) is 6.54 Å². The second-order valence-electron chi connectivity index (χ2n) is 5.45. The van der Waals surface area contributed by atoms with Gasteiger partial charge in [0.2, 0.25) is 15.9 Å². The SMILES string of the molecule is Cc1cccc(CNC(=O)CCNS(=O)(=O)/C=C/c2ccccc2)n1. The summed E-state index contributed by atoms with van der Waals surface area (Å²) < 4.78 is 26.1. The number of nitrogens with one attached hydrogen (secondary N) is 2. The minimum Gasteiger partial charge on any atom is -0.350 e. The summed E-state index contributed by atoms with van der Waals surface area (Å²) in [6.07, 6.45) is 1.57. The minimum atomic E-state index is -3.57. The van der Waals surface area contributed by atoms with Gasteiger partial charge in [-0.15, -0.1) is 0 Å². The van der Waals surface area contributed by atoms with Gasteiger partial charge in [-0.25, -0.2) is 13.1 Å². The Bertz CT molecular complexity index is 834. The number of pyridine rings is 1. The molecule has 0 aliphatic heterocycles. The molecule has 7 heteroatoms. The van der Waals surface area contributed by atoms with Crippen molar-refractivity contribution in [1.29, 1.82) is 0 Å². The molecule has 0 bridgehead atoms. The second-order valence-corrected chi connectivity index (χ2v) is 7.10. The summed E-state index contributed by atoms with van der Waals surface area (Å²) in [6, 6.07) is 14.7. The van der Waals surface area contributed by atoms with Gasteiger partial charge < -0.3 is 5.32 Å². The highest BCUT2D eigenvalue weighted by Crippen LogP contribution is 2.02. The van der Waals surface area contributed by atoms with Crippen LogP contribution in [-0.4, -0.2) is 25.9 Å². The second kappa shape index (κ2) is 9.10. The predicted molar refractivity (Wildman–Crippen MR) is 97.8 cm³/mol. The molecule has 1 heterocycles.